The number of hydrogen-bond acceptors (Lipinski definition) is 6. The van der Waals surface area contributed by atoms with E-state index >= 15 is 0 Å². The van der Waals surface area contributed by atoms with Crippen LogP contribution in [0.4, 0.5) is 17.3 Å². The molecule has 0 fully saturated rings. The number of rotatable bonds is 5. The van der Waals surface area contributed by atoms with Crippen molar-refractivity contribution >= 4 is 29.1 Å². The summed E-state index contributed by atoms with van der Waals surface area (Å²) in [6.45, 7) is 6.70. The van der Waals surface area contributed by atoms with Crippen molar-refractivity contribution in [2.24, 2.45) is 0 Å². The number of nitrogens with zero attached hydrogens (tertiary/aromatic N) is 2. The molecule has 2 N–H and O–H groups in total. The van der Waals surface area contributed by atoms with E-state index in [2.05, 4.69) is 39.3 Å². The Morgan fingerprint density at radius 3 is 2.64 bits per heavy atom. The number of furan rings is 1. The van der Waals surface area contributed by atoms with Crippen LogP contribution in [0.5, 0.6) is 0 Å². The van der Waals surface area contributed by atoms with Crippen LogP contribution >= 0.6 is 11.7 Å². The van der Waals surface area contributed by atoms with Crippen LogP contribution in [-0.2, 0) is 6.54 Å². The molecule has 114 valence electrons. The van der Waals surface area contributed by atoms with E-state index in [1.54, 1.807) is 0 Å². The summed E-state index contributed by atoms with van der Waals surface area (Å²) in [7, 11) is 0. The van der Waals surface area contributed by atoms with Crippen molar-refractivity contribution < 1.29 is 4.42 Å². The minimum atomic E-state index is 0.584. The predicted molar refractivity (Wildman–Crippen MR) is 89.9 cm³/mol. The van der Waals surface area contributed by atoms with Gasteiger partial charge < -0.3 is 15.1 Å². The number of hydrogen-bond donors (Lipinski definition) is 2. The van der Waals surface area contributed by atoms with Gasteiger partial charge in [0.25, 0.3) is 0 Å². The Hall–Kier alpha value is -2.34. The molecule has 2 heterocycles. The molecule has 0 spiro atoms. The second-order valence-corrected chi connectivity index (χ2v) is 5.73. The van der Waals surface area contributed by atoms with Gasteiger partial charge in [-0.1, -0.05) is 12.1 Å². The Labute approximate surface area is 133 Å². The summed E-state index contributed by atoms with van der Waals surface area (Å²) < 4.78 is 14.2. The quantitative estimate of drug-likeness (QED) is 0.730. The van der Waals surface area contributed by atoms with Gasteiger partial charge in [-0.05, 0) is 50.1 Å². The Bertz CT molecular complexity index is 778. The van der Waals surface area contributed by atoms with E-state index in [1.165, 1.54) is 22.9 Å². The van der Waals surface area contributed by atoms with Gasteiger partial charge in [0.05, 0.1) is 18.3 Å². The first-order valence-corrected chi connectivity index (χ1v) is 7.81. The molecule has 0 bridgehead atoms. The number of aryl methyl sites for hydroxylation is 2. The van der Waals surface area contributed by atoms with Gasteiger partial charge in [-0.2, -0.15) is 8.75 Å². The summed E-state index contributed by atoms with van der Waals surface area (Å²) in [6, 6.07) is 10.1. The highest BCUT2D eigenvalue weighted by molar-refractivity contribution is 6.99. The summed E-state index contributed by atoms with van der Waals surface area (Å²) in [5.41, 5.74) is 3.50. The van der Waals surface area contributed by atoms with E-state index in [0.29, 0.717) is 6.54 Å². The lowest BCUT2D eigenvalue weighted by Crippen LogP contribution is -2.02. The van der Waals surface area contributed by atoms with E-state index in [-0.39, 0.29) is 0 Å². The van der Waals surface area contributed by atoms with Gasteiger partial charge in [0.1, 0.15) is 11.5 Å². The van der Waals surface area contributed by atoms with Crippen LogP contribution in [0.3, 0.4) is 0 Å². The van der Waals surface area contributed by atoms with Crippen molar-refractivity contribution in [1.82, 2.24) is 8.75 Å². The van der Waals surface area contributed by atoms with Crippen molar-refractivity contribution in [3.63, 3.8) is 0 Å². The summed E-state index contributed by atoms with van der Waals surface area (Å²) >= 11 is 1.18. The van der Waals surface area contributed by atoms with Crippen LogP contribution in [0.2, 0.25) is 0 Å². The van der Waals surface area contributed by atoms with E-state index < -0.39 is 0 Å². The molecule has 0 saturated heterocycles. The maximum absolute atomic E-state index is 5.55. The molecular formula is C16H18N4OS. The minimum Gasteiger partial charge on any atom is -0.465 e. The van der Waals surface area contributed by atoms with Crippen LogP contribution in [-0.4, -0.2) is 8.75 Å². The van der Waals surface area contributed by atoms with E-state index in [1.807, 2.05) is 31.2 Å². The fourth-order valence-electron chi connectivity index (χ4n) is 2.15. The summed E-state index contributed by atoms with van der Waals surface area (Å²) in [5, 5.41) is 6.60. The predicted octanol–water partition coefficient (Wildman–Crippen LogP) is 4.41. The third-order valence-corrected chi connectivity index (χ3v) is 4.10. The highest BCUT2D eigenvalue weighted by Gasteiger charge is 2.10. The maximum atomic E-state index is 5.55. The molecule has 3 aromatic rings. The van der Waals surface area contributed by atoms with Crippen LogP contribution in [0, 0.1) is 20.8 Å². The molecule has 0 aliphatic heterocycles. The number of benzene rings is 1. The summed E-state index contributed by atoms with van der Waals surface area (Å²) in [6.07, 6.45) is 0. The third kappa shape index (κ3) is 3.12. The molecule has 0 aliphatic rings. The van der Waals surface area contributed by atoms with Crippen molar-refractivity contribution in [3.05, 3.63) is 53.0 Å². The molecule has 5 nitrogen and oxygen atoms in total. The summed E-state index contributed by atoms with van der Waals surface area (Å²) in [5.74, 6) is 3.26. The van der Waals surface area contributed by atoms with Gasteiger partial charge in [0.2, 0.25) is 0 Å². The average molecular weight is 314 g/mol. The second kappa shape index (κ2) is 6.19. The molecular weight excluding hydrogens is 296 g/mol. The molecule has 0 amide bonds. The van der Waals surface area contributed by atoms with Gasteiger partial charge in [-0.25, -0.2) is 0 Å². The van der Waals surface area contributed by atoms with Crippen LogP contribution < -0.4 is 10.6 Å². The van der Waals surface area contributed by atoms with Crippen molar-refractivity contribution in [1.29, 1.82) is 0 Å². The standard InChI is InChI=1S/C16H18N4OS/c1-10-5-4-6-14(12(10)3)18-16-15(19-22-20-16)17-9-13-8-7-11(2)21-13/h4-8H,9H2,1-3H3,(H,17,19)(H,18,20). The largest absolute Gasteiger partial charge is 0.465 e. The topological polar surface area (TPSA) is 63.0 Å². The normalized spacial score (nSPS) is 10.7. The number of aromatic nitrogens is 2. The molecule has 2 aromatic heterocycles. The minimum absolute atomic E-state index is 0.584. The van der Waals surface area contributed by atoms with Crippen LogP contribution in [0.25, 0.3) is 0 Å². The fourth-order valence-corrected chi connectivity index (χ4v) is 2.64. The lowest BCUT2D eigenvalue weighted by atomic mass is 10.1. The maximum Gasteiger partial charge on any atom is 0.188 e. The lowest BCUT2D eigenvalue weighted by molar-refractivity contribution is 0.490. The van der Waals surface area contributed by atoms with Gasteiger partial charge in [-0.3, -0.25) is 0 Å². The van der Waals surface area contributed by atoms with E-state index in [9.17, 15) is 0 Å². The first-order chi connectivity index (χ1) is 10.6. The van der Waals surface area contributed by atoms with E-state index in [0.717, 1.165) is 28.8 Å². The fraction of sp³-hybridized carbons (Fsp3) is 0.250. The van der Waals surface area contributed by atoms with Crippen LogP contribution in [0.1, 0.15) is 22.6 Å². The molecule has 0 saturated carbocycles. The van der Waals surface area contributed by atoms with Gasteiger partial charge in [-0.15, -0.1) is 0 Å². The zero-order chi connectivity index (χ0) is 15.5. The van der Waals surface area contributed by atoms with Crippen molar-refractivity contribution in [2.45, 2.75) is 27.3 Å². The Kier molecular flexibility index (Phi) is 4.11. The van der Waals surface area contributed by atoms with Gasteiger partial charge >= 0.3 is 0 Å². The highest BCUT2D eigenvalue weighted by Crippen LogP contribution is 2.27. The van der Waals surface area contributed by atoms with Crippen LogP contribution in [0.15, 0.2) is 34.7 Å². The molecule has 3 rings (SSSR count). The number of nitrogens with one attached hydrogen (secondary N) is 2. The van der Waals surface area contributed by atoms with Gasteiger partial charge in [0.15, 0.2) is 11.6 Å². The van der Waals surface area contributed by atoms with Gasteiger partial charge in [0, 0.05) is 5.69 Å². The second-order valence-electron chi connectivity index (χ2n) is 5.20. The van der Waals surface area contributed by atoms with Crippen molar-refractivity contribution in [3.8, 4) is 0 Å². The first kappa shape index (κ1) is 14.6. The molecule has 0 atom stereocenters. The monoisotopic (exact) mass is 314 g/mol. The number of anilines is 3. The Morgan fingerprint density at radius 2 is 1.86 bits per heavy atom. The highest BCUT2D eigenvalue weighted by atomic mass is 32.1. The van der Waals surface area contributed by atoms with E-state index in [4.69, 9.17) is 4.42 Å². The molecule has 22 heavy (non-hydrogen) atoms. The molecule has 0 aliphatic carbocycles. The third-order valence-electron chi connectivity index (χ3n) is 3.57. The average Bonchev–Trinajstić information content (AvgIpc) is 3.11. The first-order valence-electron chi connectivity index (χ1n) is 7.08. The Morgan fingerprint density at radius 1 is 1.05 bits per heavy atom. The Balaban J connectivity index is 1.73. The lowest BCUT2D eigenvalue weighted by Gasteiger charge is -2.10. The molecule has 0 unspecified atom stereocenters. The molecule has 1 aromatic carbocycles. The molecule has 6 heteroatoms. The zero-order valence-electron chi connectivity index (χ0n) is 12.8. The smallest absolute Gasteiger partial charge is 0.188 e. The van der Waals surface area contributed by atoms with Crippen molar-refractivity contribution in [2.75, 3.05) is 10.6 Å². The SMILES string of the molecule is Cc1ccc(CNc2nsnc2Nc2cccc(C)c2C)o1. The zero-order valence-corrected chi connectivity index (χ0v) is 13.6. The summed E-state index contributed by atoms with van der Waals surface area (Å²) in [4.78, 5) is 0. The molecule has 0 radical (unpaired) electrons.